The summed E-state index contributed by atoms with van der Waals surface area (Å²) in [5.41, 5.74) is 3.38. The zero-order valence-electron chi connectivity index (χ0n) is 16.4. The average Bonchev–Trinajstić information content (AvgIpc) is 2.75. The summed E-state index contributed by atoms with van der Waals surface area (Å²) in [6.45, 7) is 4.63. The van der Waals surface area contributed by atoms with Crippen molar-refractivity contribution < 1.29 is 0 Å². The van der Waals surface area contributed by atoms with E-state index in [1.807, 2.05) is 74.5 Å². The first-order chi connectivity index (χ1) is 14.1. The van der Waals surface area contributed by atoms with Crippen LogP contribution < -0.4 is 10.9 Å². The highest BCUT2D eigenvalue weighted by Crippen LogP contribution is 2.25. The minimum atomic E-state index is -0.147. The first-order valence-electron chi connectivity index (χ1n) is 9.60. The molecule has 0 aliphatic rings. The van der Waals surface area contributed by atoms with Gasteiger partial charge in [-0.1, -0.05) is 60.1 Å². The molecular weight excluding hydrogens is 382 g/mol. The van der Waals surface area contributed by atoms with Gasteiger partial charge in [0.1, 0.15) is 5.82 Å². The third-order valence-corrected chi connectivity index (χ3v) is 5.53. The molecule has 0 unspecified atom stereocenters. The molecule has 0 saturated heterocycles. The van der Waals surface area contributed by atoms with E-state index in [0.29, 0.717) is 28.3 Å². The van der Waals surface area contributed by atoms with Gasteiger partial charge in [-0.15, -0.1) is 0 Å². The number of nitrogens with zero attached hydrogens (tertiary/aromatic N) is 2. The second kappa shape index (κ2) is 8.19. The molecule has 1 N–H and O–H groups in total. The van der Waals surface area contributed by atoms with E-state index in [0.717, 1.165) is 11.3 Å². The van der Waals surface area contributed by atoms with Crippen molar-refractivity contribution in [2.24, 2.45) is 0 Å². The molecule has 4 nitrogen and oxygen atoms in total. The zero-order valence-corrected chi connectivity index (χ0v) is 17.1. The van der Waals surface area contributed by atoms with Crippen LogP contribution >= 0.6 is 11.6 Å². The summed E-state index contributed by atoms with van der Waals surface area (Å²) < 4.78 is 1.69. The van der Waals surface area contributed by atoms with E-state index in [1.165, 1.54) is 5.56 Å². The lowest BCUT2D eigenvalue weighted by atomic mass is 10.1. The molecule has 0 fully saturated rings. The summed E-state index contributed by atoms with van der Waals surface area (Å²) in [5.74, 6) is 0.662. The van der Waals surface area contributed by atoms with Crippen LogP contribution in [0.4, 0.5) is 0 Å². The van der Waals surface area contributed by atoms with Crippen LogP contribution in [0.15, 0.2) is 77.6 Å². The normalized spacial score (nSPS) is 12.2. The maximum Gasteiger partial charge on any atom is 0.266 e. The Labute approximate surface area is 174 Å². The van der Waals surface area contributed by atoms with Crippen molar-refractivity contribution in [1.82, 2.24) is 14.9 Å². The van der Waals surface area contributed by atoms with Gasteiger partial charge < -0.3 is 5.32 Å². The fourth-order valence-electron chi connectivity index (χ4n) is 3.47. The van der Waals surface area contributed by atoms with E-state index in [4.69, 9.17) is 16.6 Å². The van der Waals surface area contributed by atoms with Crippen LogP contribution in [0, 0.1) is 6.92 Å². The van der Waals surface area contributed by atoms with Gasteiger partial charge in [0.15, 0.2) is 0 Å². The Balaban J connectivity index is 1.85. The summed E-state index contributed by atoms with van der Waals surface area (Å²) in [6, 6.07) is 23.1. The Morgan fingerprint density at radius 2 is 1.72 bits per heavy atom. The molecule has 0 aliphatic heterocycles. The van der Waals surface area contributed by atoms with Gasteiger partial charge in [0, 0.05) is 11.6 Å². The van der Waals surface area contributed by atoms with Crippen molar-refractivity contribution in [2.75, 3.05) is 0 Å². The highest BCUT2D eigenvalue weighted by Gasteiger charge is 2.19. The number of nitrogens with one attached hydrogen (secondary N) is 1. The van der Waals surface area contributed by atoms with Crippen LogP contribution in [0.3, 0.4) is 0 Å². The number of fused-ring (bicyclic) bond motifs is 1. The molecule has 0 bridgehead atoms. The lowest BCUT2D eigenvalue weighted by Crippen LogP contribution is -2.30. The molecule has 0 aliphatic carbocycles. The van der Waals surface area contributed by atoms with E-state index in [9.17, 15) is 4.79 Å². The van der Waals surface area contributed by atoms with E-state index < -0.39 is 0 Å². The third-order valence-electron chi connectivity index (χ3n) is 5.12. The maximum absolute atomic E-state index is 13.4. The summed E-state index contributed by atoms with van der Waals surface area (Å²) >= 11 is 6.36. The molecule has 3 aromatic carbocycles. The van der Waals surface area contributed by atoms with Crippen molar-refractivity contribution in [3.63, 3.8) is 0 Å². The maximum atomic E-state index is 13.4. The van der Waals surface area contributed by atoms with E-state index in [-0.39, 0.29) is 11.6 Å². The molecule has 1 aromatic heterocycles. The van der Waals surface area contributed by atoms with Crippen molar-refractivity contribution in [3.05, 3.63) is 105 Å². The lowest BCUT2D eigenvalue weighted by Gasteiger charge is -2.21. The number of hydrogen-bond donors (Lipinski definition) is 1. The molecular formula is C24H22ClN3O. The standard InChI is InChI=1S/C24H22ClN3O/c1-16-20(25)12-8-14-22(16)28-23(17(2)26-15-18-9-4-3-5-10-18)27-21-13-7-6-11-19(21)24(28)29/h3-14,17,26H,15H2,1-2H3/t17-/m1/s1. The first-order valence-corrected chi connectivity index (χ1v) is 9.98. The number of halogens is 1. The second-order valence-electron chi connectivity index (χ2n) is 7.10. The minimum absolute atomic E-state index is 0.0932. The van der Waals surface area contributed by atoms with E-state index >= 15 is 0 Å². The summed E-state index contributed by atoms with van der Waals surface area (Å²) in [6.07, 6.45) is 0. The van der Waals surface area contributed by atoms with Crippen molar-refractivity contribution >= 4 is 22.5 Å². The number of benzene rings is 3. The average molecular weight is 404 g/mol. The first kappa shape index (κ1) is 19.4. The Bertz CT molecular complexity index is 1220. The lowest BCUT2D eigenvalue weighted by molar-refractivity contribution is 0.532. The van der Waals surface area contributed by atoms with Gasteiger partial charge in [-0.25, -0.2) is 4.98 Å². The van der Waals surface area contributed by atoms with Crippen LogP contribution in [0.5, 0.6) is 0 Å². The fourth-order valence-corrected chi connectivity index (χ4v) is 3.64. The molecule has 5 heteroatoms. The summed E-state index contributed by atoms with van der Waals surface area (Å²) in [4.78, 5) is 18.3. The van der Waals surface area contributed by atoms with Gasteiger partial charge in [-0.3, -0.25) is 9.36 Å². The van der Waals surface area contributed by atoms with Gasteiger partial charge >= 0.3 is 0 Å². The Kier molecular flexibility index (Phi) is 5.47. The molecule has 1 atom stereocenters. The van der Waals surface area contributed by atoms with Crippen molar-refractivity contribution in [3.8, 4) is 5.69 Å². The van der Waals surface area contributed by atoms with Crippen LogP contribution in [0.25, 0.3) is 16.6 Å². The molecule has 0 radical (unpaired) electrons. The predicted octanol–water partition coefficient (Wildman–Crippen LogP) is 5.20. The van der Waals surface area contributed by atoms with Crippen LogP contribution in [0.2, 0.25) is 5.02 Å². The Hall–Kier alpha value is -2.95. The fraction of sp³-hybridized carbons (Fsp3) is 0.167. The second-order valence-corrected chi connectivity index (χ2v) is 7.51. The Morgan fingerprint density at radius 3 is 2.52 bits per heavy atom. The van der Waals surface area contributed by atoms with Crippen LogP contribution in [-0.2, 0) is 6.54 Å². The number of rotatable bonds is 5. The highest BCUT2D eigenvalue weighted by molar-refractivity contribution is 6.31. The smallest absolute Gasteiger partial charge is 0.266 e. The van der Waals surface area contributed by atoms with Crippen LogP contribution in [0.1, 0.15) is 29.9 Å². The van der Waals surface area contributed by atoms with Gasteiger partial charge in [-0.2, -0.15) is 0 Å². The van der Waals surface area contributed by atoms with Crippen LogP contribution in [-0.4, -0.2) is 9.55 Å². The molecule has 0 amide bonds. The third kappa shape index (κ3) is 3.82. The van der Waals surface area contributed by atoms with Gasteiger partial charge in [0.2, 0.25) is 0 Å². The highest BCUT2D eigenvalue weighted by atomic mass is 35.5. The zero-order chi connectivity index (χ0) is 20.4. The topological polar surface area (TPSA) is 46.9 Å². The van der Waals surface area contributed by atoms with Crippen molar-refractivity contribution in [2.45, 2.75) is 26.4 Å². The SMILES string of the molecule is Cc1c(Cl)cccc1-n1c([C@@H](C)NCc2ccccc2)nc2ccccc2c1=O. The van der Waals surface area contributed by atoms with E-state index in [2.05, 4.69) is 17.4 Å². The number of para-hydroxylation sites is 1. The van der Waals surface area contributed by atoms with Gasteiger partial charge in [0.05, 0.1) is 22.6 Å². The summed E-state index contributed by atoms with van der Waals surface area (Å²) in [5, 5.41) is 4.71. The monoisotopic (exact) mass is 403 g/mol. The van der Waals surface area contributed by atoms with Crippen molar-refractivity contribution in [1.29, 1.82) is 0 Å². The number of hydrogen-bond acceptors (Lipinski definition) is 3. The summed E-state index contributed by atoms with van der Waals surface area (Å²) in [7, 11) is 0. The molecule has 146 valence electrons. The minimum Gasteiger partial charge on any atom is -0.303 e. The molecule has 0 spiro atoms. The molecule has 29 heavy (non-hydrogen) atoms. The van der Waals surface area contributed by atoms with Gasteiger partial charge in [0.25, 0.3) is 5.56 Å². The quantitative estimate of drug-likeness (QED) is 0.498. The Morgan fingerprint density at radius 1 is 1.00 bits per heavy atom. The molecule has 4 aromatic rings. The molecule has 1 heterocycles. The largest absolute Gasteiger partial charge is 0.303 e. The van der Waals surface area contributed by atoms with Gasteiger partial charge in [-0.05, 0) is 49.2 Å². The molecule has 4 rings (SSSR count). The van der Waals surface area contributed by atoms with E-state index in [1.54, 1.807) is 4.57 Å². The number of aromatic nitrogens is 2. The predicted molar refractivity (Wildman–Crippen MR) is 119 cm³/mol. The molecule has 0 saturated carbocycles.